The maximum atomic E-state index is 12.0. The molecule has 2 atom stereocenters. The van der Waals surface area contributed by atoms with Crippen molar-refractivity contribution in [1.29, 1.82) is 0 Å². The van der Waals surface area contributed by atoms with Crippen molar-refractivity contribution in [3.63, 3.8) is 0 Å². The Morgan fingerprint density at radius 1 is 0.545 bits per heavy atom. The van der Waals surface area contributed by atoms with E-state index in [9.17, 15) is 54.8 Å². The minimum absolute atomic E-state index is 0. The first-order valence-corrected chi connectivity index (χ1v) is 17.7. The van der Waals surface area contributed by atoms with Crippen LogP contribution in [-0.2, 0) is 38.7 Å². The van der Waals surface area contributed by atoms with Crippen molar-refractivity contribution in [3.05, 3.63) is 57.6 Å². The SMILES string of the molecule is CC(C)(C)c1cc(C=N[C@@H]2CCCC[C@H]2N=Cc2cc(C(C)(C)C)cc(C(C)(C)C)c2O)c(O)c(C(C)(C)C)c1.[Mn].[O-]C(F)(F)C(F)(C(F)(F)F)C(F)(F)F. The average molecular weight is 837 g/mol. The summed E-state index contributed by atoms with van der Waals surface area (Å²) >= 11 is 0. The minimum atomic E-state index is -7.08. The quantitative estimate of drug-likeness (QED) is 0.179. The molecule has 0 heterocycles. The molecule has 0 unspecified atom stereocenters. The van der Waals surface area contributed by atoms with E-state index in [0.717, 1.165) is 47.9 Å². The zero-order valence-electron chi connectivity index (χ0n) is 33.4. The fourth-order valence-corrected chi connectivity index (χ4v) is 5.80. The van der Waals surface area contributed by atoms with Crippen molar-refractivity contribution < 1.29 is 71.9 Å². The van der Waals surface area contributed by atoms with Gasteiger partial charge in [0.1, 0.15) is 11.5 Å². The van der Waals surface area contributed by atoms with Crippen LogP contribution < -0.4 is 5.11 Å². The molecule has 15 heteroatoms. The summed E-state index contributed by atoms with van der Waals surface area (Å²) in [6.07, 6.45) is -13.0. The zero-order valence-corrected chi connectivity index (χ0v) is 34.6. The van der Waals surface area contributed by atoms with Crippen molar-refractivity contribution in [2.24, 2.45) is 9.98 Å². The smallest absolute Gasteiger partial charge is 0.436 e. The van der Waals surface area contributed by atoms with Crippen molar-refractivity contribution in [1.82, 2.24) is 0 Å². The molecule has 1 radical (unpaired) electrons. The molecule has 2 N–H and O–H groups in total. The molecule has 1 saturated carbocycles. The second-order valence-corrected chi connectivity index (χ2v) is 18.1. The third-order valence-electron chi connectivity index (χ3n) is 9.31. The molecule has 1 fully saturated rings. The molecule has 313 valence electrons. The third kappa shape index (κ3) is 12.1. The predicted molar refractivity (Wildman–Crippen MR) is 193 cm³/mol. The number of halogens is 9. The van der Waals surface area contributed by atoms with Crippen LogP contribution in [0.4, 0.5) is 39.5 Å². The number of aliphatic imine (C=N–C) groups is 2. The summed E-state index contributed by atoms with van der Waals surface area (Å²) in [6, 6.07) is 8.53. The van der Waals surface area contributed by atoms with E-state index in [1.165, 1.54) is 11.1 Å². The summed E-state index contributed by atoms with van der Waals surface area (Å²) in [5, 5.41) is 31.7. The number of phenolic OH excluding ortho intramolecular Hbond substituents is 2. The van der Waals surface area contributed by atoms with Crippen molar-refractivity contribution in [3.8, 4) is 11.5 Å². The molecule has 0 spiro atoms. The van der Waals surface area contributed by atoms with E-state index in [0.29, 0.717) is 11.5 Å². The van der Waals surface area contributed by atoms with Gasteiger partial charge in [0, 0.05) is 51.8 Å². The maximum absolute atomic E-state index is 12.0. The predicted octanol–water partition coefficient (Wildman–Crippen LogP) is 10.9. The number of alkyl halides is 9. The first kappa shape index (κ1) is 50.2. The van der Waals surface area contributed by atoms with Gasteiger partial charge in [0.05, 0.1) is 12.1 Å². The largest absolute Gasteiger partial charge is 0.795 e. The molecule has 0 aliphatic heterocycles. The molecule has 0 aromatic heterocycles. The van der Waals surface area contributed by atoms with E-state index in [1.807, 2.05) is 12.4 Å². The number of rotatable bonds is 5. The molecule has 5 nitrogen and oxygen atoms in total. The normalized spacial score (nSPS) is 18.3. The van der Waals surface area contributed by atoms with Gasteiger partial charge in [-0.15, -0.1) is 0 Å². The number of benzene rings is 2. The van der Waals surface area contributed by atoms with Gasteiger partial charge in [0.15, 0.2) is 0 Å². The van der Waals surface area contributed by atoms with E-state index in [1.54, 1.807) is 0 Å². The Bertz CT molecular complexity index is 1530. The van der Waals surface area contributed by atoms with Crippen LogP contribution in [0.2, 0.25) is 0 Å². The molecule has 0 amide bonds. The van der Waals surface area contributed by atoms with E-state index >= 15 is 0 Å². The number of hydrogen-bond acceptors (Lipinski definition) is 5. The first-order valence-electron chi connectivity index (χ1n) is 17.7. The molecule has 0 saturated heterocycles. The Labute approximate surface area is 329 Å². The van der Waals surface area contributed by atoms with Gasteiger partial charge in [0.25, 0.3) is 0 Å². The van der Waals surface area contributed by atoms with Gasteiger partial charge in [-0.05, 0) is 57.8 Å². The van der Waals surface area contributed by atoms with Gasteiger partial charge in [-0.1, -0.05) is 108 Å². The topological polar surface area (TPSA) is 88.2 Å². The van der Waals surface area contributed by atoms with Crippen molar-refractivity contribution in [2.75, 3.05) is 0 Å². The monoisotopic (exact) mass is 836 g/mol. The second-order valence-electron chi connectivity index (χ2n) is 18.1. The fourth-order valence-electron chi connectivity index (χ4n) is 5.80. The number of phenols is 2. The molecule has 0 bridgehead atoms. The summed E-state index contributed by atoms with van der Waals surface area (Å²) in [4.78, 5) is 10.1. The maximum Gasteiger partial charge on any atom is 0.436 e. The molecule has 55 heavy (non-hydrogen) atoms. The number of aromatic hydroxyl groups is 2. The van der Waals surface area contributed by atoms with E-state index in [2.05, 4.69) is 107 Å². The van der Waals surface area contributed by atoms with Gasteiger partial charge in [-0.3, -0.25) is 9.98 Å². The summed E-state index contributed by atoms with van der Waals surface area (Å²) in [5.41, 5.74) is -1.68. The van der Waals surface area contributed by atoms with E-state index < -0.39 is 24.1 Å². The Morgan fingerprint density at radius 2 is 0.836 bits per heavy atom. The average Bonchev–Trinajstić information content (AvgIpc) is 2.96. The third-order valence-corrected chi connectivity index (χ3v) is 9.31. The van der Waals surface area contributed by atoms with Gasteiger partial charge in [-0.2, -0.15) is 26.3 Å². The Morgan fingerprint density at radius 3 is 1.04 bits per heavy atom. The fraction of sp³-hybridized carbons (Fsp3) is 0.650. The van der Waals surface area contributed by atoms with E-state index in [4.69, 9.17) is 9.98 Å². The molecule has 2 aromatic carbocycles. The minimum Gasteiger partial charge on any atom is -0.795 e. The number of hydrogen-bond donors (Lipinski definition) is 2. The van der Waals surface area contributed by atoms with Crippen molar-refractivity contribution in [2.45, 2.75) is 167 Å². The second kappa shape index (κ2) is 17.0. The zero-order chi connectivity index (χ0) is 42.3. The standard InChI is InChI=1S/C36H54N2O2.C4F9O.Mn/c1-33(2,3)25-17-23(31(39)27(19-25)35(7,8)9)21-37-29-15-13-14-16-30(29)38-22-24-18-26(34(4,5)6)20-28(32(24)40)36(10,11)12;5-1(2(6,7)8,3(9,10)11)4(12,13)14;/h17-22,29-30,39-40H,13-16H2,1-12H3;;/q;-1;/t29-,30-;;/m1../s1. The van der Waals surface area contributed by atoms with Crippen LogP contribution in [0.1, 0.15) is 142 Å². The van der Waals surface area contributed by atoms with Crippen LogP contribution in [0.3, 0.4) is 0 Å². The van der Waals surface area contributed by atoms with Gasteiger partial charge < -0.3 is 15.3 Å². The Balaban J connectivity index is 0.000000857. The Kier molecular flexibility index (Phi) is 15.5. The van der Waals surface area contributed by atoms with Gasteiger partial charge in [0.2, 0.25) is 6.11 Å². The molecule has 3 rings (SSSR count). The number of nitrogens with zero attached hydrogens (tertiary/aromatic N) is 2. The molecule has 2 aromatic rings. The van der Waals surface area contributed by atoms with E-state index in [-0.39, 0.29) is 50.8 Å². The summed E-state index contributed by atoms with van der Waals surface area (Å²) < 4.78 is 103. The summed E-state index contributed by atoms with van der Waals surface area (Å²) in [5.74, 6) is 0.637. The van der Waals surface area contributed by atoms with Crippen LogP contribution in [0, 0.1) is 0 Å². The molecule has 1 aliphatic carbocycles. The van der Waals surface area contributed by atoms with Crippen LogP contribution in [0.5, 0.6) is 11.5 Å². The van der Waals surface area contributed by atoms with Gasteiger partial charge in [-0.25, -0.2) is 13.2 Å². The van der Waals surface area contributed by atoms with Gasteiger partial charge >= 0.3 is 18.0 Å². The molecular formula is C40H54F9MnN2O3-. The van der Waals surface area contributed by atoms with Crippen LogP contribution >= 0.6 is 0 Å². The summed E-state index contributed by atoms with van der Waals surface area (Å²) in [6.45, 7) is 26.0. The molecular weight excluding hydrogens is 782 g/mol. The molecule has 1 aliphatic rings. The van der Waals surface area contributed by atoms with Crippen molar-refractivity contribution >= 4 is 12.4 Å². The first-order chi connectivity index (χ1) is 23.9. The Hall–Kier alpha value is -2.77. The summed E-state index contributed by atoms with van der Waals surface area (Å²) in [7, 11) is 0. The van der Waals surface area contributed by atoms with Crippen LogP contribution in [0.25, 0.3) is 0 Å². The van der Waals surface area contributed by atoms with Crippen LogP contribution in [-0.4, -0.2) is 58.9 Å². The van der Waals surface area contributed by atoms with Crippen LogP contribution in [0.15, 0.2) is 34.3 Å².